The first kappa shape index (κ1) is 18.8. The number of hydrogen-bond donors (Lipinski definition) is 2. The molecule has 30 heavy (non-hydrogen) atoms. The summed E-state index contributed by atoms with van der Waals surface area (Å²) in [6.07, 6.45) is 1.68. The molecule has 9 heteroatoms. The molecule has 0 fully saturated rings. The molecule has 0 aliphatic rings. The summed E-state index contributed by atoms with van der Waals surface area (Å²) in [4.78, 5) is 32.6. The van der Waals surface area contributed by atoms with Gasteiger partial charge in [0.2, 0.25) is 5.82 Å². The first-order valence-corrected chi connectivity index (χ1v) is 8.84. The highest BCUT2D eigenvalue weighted by Gasteiger charge is 2.12. The molecule has 0 unspecified atom stereocenters. The number of pyridine rings is 1. The predicted octanol–water partition coefficient (Wildman–Crippen LogP) is 2.86. The quantitative estimate of drug-likeness (QED) is 0.430. The van der Waals surface area contributed by atoms with Crippen LogP contribution in [-0.4, -0.2) is 20.1 Å². The van der Waals surface area contributed by atoms with Crippen LogP contribution in [0.5, 0.6) is 0 Å². The molecule has 3 N–H and O–H groups in total. The zero-order valence-corrected chi connectivity index (χ0v) is 15.5. The van der Waals surface area contributed by atoms with Gasteiger partial charge in [0.1, 0.15) is 5.69 Å². The highest BCUT2D eigenvalue weighted by molar-refractivity contribution is 5.76. The Balaban J connectivity index is 0.000000158. The zero-order chi connectivity index (χ0) is 20.9. The lowest BCUT2D eigenvalue weighted by atomic mass is 10.2. The lowest BCUT2D eigenvalue weighted by Gasteiger charge is -1.97. The molecular formula is C21H15N5O4. The standard InChI is InChI=1S/C13H10N4O.C8H5NO3/c14-10-6-2-1-5-9(10)13-16-12(17-18-13)11-7-3-4-8-15-11;10-7-5-3-1-2-4-6(5)9-8(11)12-7/h1-8H,14H2;1-4H,(H,9,11). The molecule has 0 aliphatic heterocycles. The van der Waals surface area contributed by atoms with Crippen LogP contribution in [-0.2, 0) is 0 Å². The number of aromatic nitrogens is 4. The highest BCUT2D eigenvalue weighted by atomic mass is 16.5. The molecule has 0 saturated heterocycles. The van der Waals surface area contributed by atoms with E-state index in [0.29, 0.717) is 34.0 Å². The van der Waals surface area contributed by atoms with Gasteiger partial charge in [-0.15, -0.1) is 0 Å². The van der Waals surface area contributed by atoms with Gasteiger partial charge in [0.15, 0.2) is 0 Å². The number of nitrogens with zero attached hydrogens (tertiary/aromatic N) is 3. The van der Waals surface area contributed by atoms with Crippen LogP contribution in [0.1, 0.15) is 0 Å². The molecule has 3 heterocycles. The Hall–Kier alpha value is -4.53. The Kier molecular flexibility index (Phi) is 5.16. The summed E-state index contributed by atoms with van der Waals surface area (Å²) in [6, 6.07) is 19.6. The molecule has 0 spiro atoms. The monoisotopic (exact) mass is 401 g/mol. The predicted molar refractivity (Wildman–Crippen MR) is 110 cm³/mol. The molecule has 148 valence electrons. The molecule has 9 nitrogen and oxygen atoms in total. The molecular weight excluding hydrogens is 386 g/mol. The van der Waals surface area contributed by atoms with Crippen LogP contribution in [0.15, 0.2) is 91.5 Å². The average molecular weight is 401 g/mol. The fourth-order valence-electron chi connectivity index (χ4n) is 2.67. The third-order valence-corrected chi connectivity index (χ3v) is 4.08. The van der Waals surface area contributed by atoms with E-state index in [1.54, 1.807) is 36.5 Å². The molecule has 0 radical (unpaired) electrons. The van der Waals surface area contributed by atoms with Crippen molar-refractivity contribution >= 4 is 16.6 Å². The number of benzene rings is 2. The Morgan fingerprint density at radius 1 is 0.900 bits per heavy atom. The first-order chi connectivity index (χ1) is 14.6. The number of nitrogen functional groups attached to an aromatic ring is 1. The minimum Gasteiger partial charge on any atom is -0.398 e. The minimum absolute atomic E-state index is 0.386. The maximum atomic E-state index is 11.0. The number of nitrogens with two attached hydrogens (primary N) is 1. The number of para-hydroxylation sites is 2. The smallest absolute Gasteiger partial charge is 0.398 e. The second kappa shape index (κ2) is 8.23. The Labute approximate surface area is 168 Å². The third kappa shape index (κ3) is 3.99. The van der Waals surface area contributed by atoms with Crippen molar-refractivity contribution in [3.8, 4) is 23.0 Å². The van der Waals surface area contributed by atoms with Crippen LogP contribution in [0.2, 0.25) is 0 Å². The van der Waals surface area contributed by atoms with Gasteiger partial charge in [0, 0.05) is 11.9 Å². The fraction of sp³-hybridized carbons (Fsp3) is 0. The molecule has 5 aromatic rings. The van der Waals surface area contributed by atoms with Crippen molar-refractivity contribution in [1.82, 2.24) is 20.1 Å². The van der Waals surface area contributed by atoms with Gasteiger partial charge in [-0.2, -0.15) is 4.98 Å². The largest absolute Gasteiger partial charge is 0.419 e. The SMILES string of the molecule is Nc1ccccc1-c1nc(-c2ccccn2)no1.O=c1[nH]c2ccccc2c(=O)o1. The zero-order valence-electron chi connectivity index (χ0n) is 15.5. The van der Waals surface area contributed by atoms with Crippen molar-refractivity contribution in [2.45, 2.75) is 0 Å². The summed E-state index contributed by atoms with van der Waals surface area (Å²) in [5.74, 6) is 0.126. The molecule has 0 atom stereocenters. The summed E-state index contributed by atoms with van der Waals surface area (Å²) in [6.45, 7) is 0. The van der Waals surface area contributed by atoms with E-state index < -0.39 is 11.4 Å². The third-order valence-electron chi connectivity index (χ3n) is 4.08. The number of H-pyrrole nitrogens is 1. The maximum Gasteiger partial charge on any atom is 0.419 e. The van der Waals surface area contributed by atoms with Gasteiger partial charge in [-0.05, 0) is 36.4 Å². The van der Waals surface area contributed by atoms with E-state index >= 15 is 0 Å². The van der Waals surface area contributed by atoms with Crippen LogP contribution in [0, 0.1) is 0 Å². The Morgan fingerprint density at radius 3 is 2.47 bits per heavy atom. The van der Waals surface area contributed by atoms with Gasteiger partial charge >= 0.3 is 11.4 Å². The van der Waals surface area contributed by atoms with E-state index in [0.717, 1.165) is 5.56 Å². The van der Waals surface area contributed by atoms with E-state index in [2.05, 4.69) is 24.5 Å². The first-order valence-electron chi connectivity index (χ1n) is 8.84. The lowest BCUT2D eigenvalue weighted by Crippen LogP contribution is -2.13. The van der Waals surface area contributed by atoms with Crippen LogP contribution in [0.4, 0.5) is 5.69 Å². The summed E-state index contributed by atoms with van der Waals surface area (Å²) in [5.41, 5.74) is 7.76. The number of anilines is 1. The number of hydrogen-bond acceptors (Lipinski definition) is 8. The van der Waals surface area contributed by atoms with Gasteiger partial charge in [0.25, 0.3) is 5.89 Å². The van der Waals surface area contributed by atoms with Crippen molar-refractivity contribution in [2.24, 2.45) is 0 Å². The normalized spacial score (nSPS) is 10.4. The van der Waals surface area contributed by atoms with Crippen molar-refractivity contribution in [1.29, 1.82) is 0 Å². The summed E-state index contributed by atoms with van der Waals surface area (Å²) >= 11 is 0. The van der Waals surface area contributed by atoms with Gasteiger partial charge in [-0.25, -0.2) is 9.59 Å². The number of nitrogens with one attached hydrogen (secondary N) is 1. The van der Waals surface area contributed by atoms with Crippen molar-refractivity contribution in [2.75, 3.05) is 5.73 Å². The molecule has 2 aromatic carbocycles. The highest BCUT2D eigenvalue weighted by Crippen LogP contribution is 2.25. The van der Waals surface area contributed by atoms with Crippen LogP contribution >= 0.6 is 0 Å². The lowest BCUT2D eigenvalue weighted by molar-refractivity contribution is 0.432. The van der Waals surface area contributed by atoms with Gasteiger partial charge < -0.3 is 14.7 Å². The summed E-state index contributed by atoms with van der Waals surface area (Å²) in [7, 11) is 0. The van der Waals surface area contributed by atoms with Crippen molar-refractivity contribution < 1.29 is 8.94 Å². The van der Waals surface area contributed by atoms with Crippen LogP contribution < -0.4 is 17.1 Å². The van der Waals surface area contributed by atoms with Gasteiger partial charge in [0.05, 0.1) is 16.5 Å². The van der Waals surface area contributed by atoms with Crippen LogP contribution in [0.25, 0.3) is 33.9 Å². The van der Waals surface area contributed by atoms with Crippen molar-refractivity contribution in [3.05, 3.63) is 93.9 Å². The number of rotatable bonds is 2. The molecule has 0 aliphatic carbocycles. The van der Waals surface area contributed by atoms with E-state index in [1.807, 2.05) is 36.4 Å². The molecule has 0 saturated carbocycles. The maximum absolute atomic E-state index is 11.0. The minimum atomic E-state index is -0.723. The second-order valence-electron chi connectivity index (χ2n) is 6.07. The van der Waals surface area contributed by atoms with E-state index in [4.69, 9.17) is 10.3 Å². The Morgan fingerprint density at radius 2 is 1.67 bits per heavy atom. The topological polar surface area (TPSA) is 141 Å². The summed E-state index contributed by atoms with van der Waals surface area (Å²) in [5, 5.41) is 4.29. The van der Waals surface area contributed by atoms with E-state index in [9.17, 15) is 9.59 Å². The summed E-state index contributed by atoms with van der Waals surface area (Å²) < 4.78 is 9.53. The number of fused-ring (bicyclic) bond motifs is 1. The number of aromatic amines is 1. The van der Waals surface area contributed by atoms with E-state index in [-0.39, 0.29) is 0 Å². The van der Waals surface area contributed by atoms with Gasteiger partial charge in [-0.3, -0.25) is 9.97 Å². The second-order valence-corrected chi connectivity index (χ2v) is 6.07. The van der Waals surface area contributed by atoms with Crippen LogP contribution in [0.3, 0.4) is 0 Å². The molecule has 0 bridgehead atoms. The Bertz CT molecular complexity index is 1410. The fourth-order valence-corrected chi connectivity index (χ4v) is 2.67. The van der Waals surface area contributed by atoms with Crippen molar-refractivity contribution in [3.63, 3.8) is 0 Å². The van der Waals surface area contributed by atoms with Gasteiger partial charge in [-0.1, -0.05) is 35.5 Å². The average Bonchev–Trinajstić information content (AvgIpc) is 3.25. The van der Waals surface area contributed by atoms with E-state index in [1.165, 1.54) is 0 Å². The molecule has 0 amide bonds. The molecule has 3 aromatic heterocycles. The molecule has 5 rings (SSSR count).